The fourth-order valence-corrected chi connectivity index (χ4v) is 5.89. The highest BCUT2D eigenvalue weighted by atomic mass is 32.2. The minimum Gasteiger partial charge on any atom is -0.368 e. The highest BCUT2D eigenvalue weighted by Gasteiger charge is 2.45. The molecule has 1 saturated heterocycles. The van der Waals surface area contributed by atoms with E-state index in [1.54, 1.807) is 19.1 Å². The van der Waals surface area contributed by atoms with Gasteiger partial charge in [-0.2, -0.15) is 12.7 Å². The van der Waals surface area contributed by atoms with Gasteiger partial charge in [0.2, 0.25) is 15.9 Å². The van der Waals surface area contributed by atoms with Gasteiger partial charge in [0.15, 0.2) is 0 Å². The highest BCUT2D eigenvalue weighted by molar-refractivity contribution is 7.89. The summed E-state index contributed by atoms with van der Waals surface area (Å²) in [6, 6.07) is 8.68. The summed E-state index contributed by atoms with van der Waals surface area (Å²) in [4.78, 5) is 21.5. The van der Waals surface area contributed by atoms with E-state index in [1.807, 2.05) is 0 Å². The smallest absolute Gasteiger partial charge is 0.297 e. The van der Waals surface area contributed by atoms with Crippen molar-refractivity contribution in [1.29, 1.82) is 0 Å². The summed E-state index contributed by atoms with van der Waals surface area (Å²) in [6.45, 7) is 1.38. The Morgan fingerprint density at radius 3 is 2.13 bits per heavy atom. The minimum atomic E-state index is -4.37. The van der Waals surface area contributed by atoms with Crippen LogP contribution in [0.1, 0.15) is 12.0 Å². The van der Waals surface area contributed by atoms with E-state index >= 15 is 0 Å². The molecule has 1 aliphatic rings. The van der Waals surface area contributed by atoms with Crippen LogP contribution in [0.3, 0.4) is 0 Å². The van der Waals surface area contributed by atoms with Gasteiger partial charge in [0, 0.05) is 25.1 Å². The lowest BCUT2D eigenvalue weighted by Crippen LogP contribution is -2.43. The van der Waals surface area contributed by atoms with Crippen LogP contribution in [0.15, 0.2) is 58.3 Å². The third-order valence-corrected chi connectivity index (χ3v) is 8.04. The maximum absolute atomic E-state index is 13.0. The molecule has 0 saturated carbocycles. The van der Waals surface area contributed by atoms with Crippen molar-refractivity contribution in [2.45, 2.75) is 35.3 Å². The topological polar surface area (TPSA) is 167 Å². The van der Waals surface area contributed by atoms with Crippen molar-refractivity contribution in [3.8, 4) is 0 Å². The number of primary amides is 1. The van der Waals surface area contributed by atoms with Crippen molar-refractivity contribution >= 4 is 31.7 Å². The summed E-state index contributed by atoms with van der Waals surface area (Å²) in [5, 5.41) is 10.7. The Labute approximate surface area is 178 Å². The maximum atomic E-state index is 13.0. The van der Waals surface area contributed by atoms with E-state index in [4.69, 9.17) is 9.92 Å². The average molecular weight is 469 g/mol. The number of nitro benzene ring substituents is 1. The Balaban J connectivity index is 1.85. The van der Waals surface area contributed by atoms with Crippen molar-refractivity contribution in [1.82, 2.24) is 4.31 Å². The summed E-state index contributed by atoms with van der Waals surface area (Å²) in [7, 11) is -8.51. The number of sulfonamides is 1. The molecular weight excluding hydrogens is 450 g/mol. The van der Waals surface area contributed by atoms with E-state index in [-0.39, 0.29) is 21.9 Å². The molecule has 13 heteroatoms. The molecule has 166 valence electrons. The Morgan fingerprint density at radius 2 is 1.61 bits per heavy atom. The van der Waals surface area contributed by atoms with Gasteiger partial charge in [-0.3, -0.25) is 19.1 Å². The second kappa shape index (κ2) is 8.34. The predicted molar refractivity (Wildman–Crippen MR) is 108 cm³/mol. The summed E-state index contributed by atoms with van der Waals surface area (Å²) < 4.78 is 57.0. The van der Waals surface area contributed by atoms with Crippen molar-refractivity contribution in [3.63, 3.8) is 0 Å². The molecule has 2 aromatic carbocycles. The quantitative estimate of drug-likeness (QED) is 0.355. The van der Waals surface area contributed by atoms with Gasteiger partial charge < -0.3 is 5.73 Å². The first-order valence-corrected chi connectivity index (χ1v) is 11.8. The number of nitrogens with zero attached hydrogens (tertiary/aromatic N) is 2. The molecule has 3 rings (SSSR count). The summed E-state index contributed by atoms with van der Waals surface area (Å²) in [5.74, 6) is -0.936. The molecule has 0 spiro atoms. The number of carbonyl (C=O) groups excluding carboxylic acids is 1. The third kappa shape index (κ3) is 4.74. The molecule has 2 aromatic rings. The van der Waals surface area contributed by atoms with E-state index in [0.29, 0.717) is 0 Å². The number of hydrogen-bond donors (Lipinski definition) is 1. The van der Waals surface area contributed by atoms with E-state index in [0.717, 1.165) is 34.1 Å². The predicted octanol–water partition coefficient (Wildman–Crippen LogP) is 0.926. The van der Waals surface area contributed by atoms with Crippen molar-refractivity contribution in [2.24, 2.45) is 5.73 Å². The van der Waals surface area contributed by atoms with Gasteiger partial charge >= 0.3 is 0 Å². The molecular formula is C18H19N3O8S2. The van der Waals surface area contributed by atoms with Crippen LogP contribution in [0, 0.1) is 17.0 Å². The first kappa shape index (κ1) is 22.8. The fourth-order valence-electron chi connectivity index (χ4n) is 3.18. The first-order chi connectivity index (χ1) is 14.4. The summed E-state index contributed by atoms with van der Waals surface area (Å²) in [5.41, 5.74) is 5.89. The Morgan fingerprint density at radius 1 is 1.06 bits per heavy atom. The van der Waals surface area contributed by atoms with Gasteiger partial charge in [-0.15, -0.1) is 0 Å². The Kier molecular flexibility index (Phi) is 6.14. The van der Waals surface area contributed by atoms with Crippen LogP contribution < -0.4 is 5.73 Å². The van der Waals surface area contributed by atoms with E-state index < -0.39 is 49.7 Å². The van der Waals surface area contributed by atoms with Crippen LogP contribution in [0.25, 0.3) is 0 Å². The number of hydrogen-bond acceptors (Lipinski definition) is 8. The second-order valence-electron chi connectivity index (χ2n) is 6.97. The van der Waals surface area contributed by atoms with Crippen LogP contribution >= 0.6 is 0 Å². The number of amides is 1. The van der Waals surface area contributed by atoms with Crippen molar-refractivity contribution in [2.75, 3.05) is 6.54 Å². The molecule has 0 aliphatic carbocycles. The SMILES string of the molecule is Cc1ccc(S(=O)(=O)N2CC(OS(=O)(=O)c3ccc([N+](=O)[O-])cc3)C[C@H]2C(N)=O)cc1. The monoisotopic (exact) mass is 469 g/mol. The van der Waals surface area contributed by atoms with E-state index in [2.05, 4.69) is 0 Å². The lowest BCUT2D eigenvalue weighted by atomic mass is 10.2. The van der Waals surface area contributed by atoms with E-state index in [9.17, 15) is 31.7 Å². The Hall–Kier alpha value is -2.87. The zero-order valence-corrected chi connectivity index (χ0v) is 17.9. The number of non-ortho nitro benzene ring substituents is 1. The number of benzene rings is 2. The molecule has 11 nitrogen and oxygen atoms in total. The van der Waals surface area contributed by atoms with Gasteiger partial charge in [0.25, 0.3) is 15.8 Å². The first-order valence-electron chi connectivity index (χ1n) is 8.97. The molecule has 1 unspecified atom stereocenters. The zero-order valence-electron chi connectivity index (χ0n) is 16.2. The largest absolute Gasteiger partial charge is 0.368 e. The zero-order chi connectivity index (χ0) is 23.0. The molecule has 2 atom stereocenters. The molecule has 0 aromatic heterocycles. The van der Waals surface area contributed by atoms with Crippen LogP contribution in [-0.4, -0.2) is 50.7 Å². The van der Waals surface area contributed by atoms with Gasteiger partial charge in [-0.05, 0) is 31.2 Å². The molecule has 1 aliphatic heterocycles. The van der Waals surface area contributed by atoms with E-state index in [1.165, 1.54) is 12.1 Å². The third-order valence-electron chi connectivity index (χ3n) is 4.77. The van der Waals surface area contributed by atoms with Crippen LogP contribution in [0.4, 0.5) is 5.69 Å². The molecule has 1 amide bonds. The fraction of sp³-hybridized carbons (Fsp3) is 0.278. The van der Waals surface area contributed by atoms with Gasteiger partial charge in [-0.1, -0.05) is 17.7 Å². The minimum absolute atomic E-state index is 0.0665. The molecule has 2 N–H and O–H groups in total. The van der Waals surface area contributed by atoms with Crippen LogP contribution in [0.5, 0.6) is 0 Å². The normalized spacial score (nSPS) is 19.9. The average Bonchev–Trinajstić information content (AvgIpc) is 3.13. The van der Waals surface area contributed by atoms with Crippen LogP contribution in [-0.2, 0) is 29.1 Å². The maximum Gasteiger partial charge on any atom is 0.297 e. The number of carbonyl (C=O) groups is 1. The molecule has 1 heterocycles. The molecule has 0 bridgehead atoms. The standard InChI is InChI=1S/C18H19N3O8S2/c1-12-2-6-15(7-3-12)30(25,26)20-11-14(10-17(20)18(19)22)29-31(27,28)16-8-4-13(5-9-16)21(23)24/h2-9,14,17H,10-11H2,1H3,(H2,19,22)/t14?,17-/m0/s1. The summed E-state index contributed by atoms with van der Waals surface area (Å²) >= 11 is 0. The van der Waals surface area contributed by atoms with Crippen molar-refractivity contribution in [3.05, 3.63) is 64.2 Å². The van der Waals surface area contributed by atoms with Crippen LogP contribution in [0.2, 0.25) is 0 Å². The summed E-state index contributed by atoms with van der Waals surface area (Å²) in [6.07, 6.45) is -1.43. The lowest BCUT2D eigenvalue weighted by molar-refractivity contribution is -0.384. The molecule has 1 fully saturated rings. The number of aryl methyl sites for hydroxylation is 1. The van der Waals surface area contributed by atoms with Gasteiger partial charge in [-0.25, -0.2) is 8.42 Å². The van der Waals surface area contributed by atoms with Gasteiger partial charge in [0.05, 0.1) is 20.8 Å². The number of rotatable bonds is 7. The lowest BCUT2D eigenvalue weighted by Gasteiger charge is -2.21. The number of nitrogens with two attached hydrogens (primary N) is 1. The number of nitro groups is 1. The highest BCUT2D eigenvalue weighted by Crippen LogP contribution is 2.30. The van der Waals surface area contributed by atoms with Gasteiger partial charge in [0.1, 0.15) is 6.04 Å². The molecule has 31 heavy (non-hydrogen) atoms. The molecule has 0 radical (unpaired) electrons. The van der Waals surface area contributed by atoms with Crippen molar-refractivity contribution < 1.29 is 30.7 Å². The Bertz CT molecular complexity index is 1210. The second-order valence-corrected chi connectivity index (χ2v) is 10.4.